The first-order valence-electron chi connectivity index (χ1n) is 9.71. The quantitative estimate of drug-likeness (QED) is 0.578. The molecule has 1 fully saturated rings. The van der Waals surface area contributed by atoms with E-state index in [0.29, 0.717) is 42.6 Å². The number of ether oxygens (including phenoxy) is 1. The minimum absolute atomic E-state index is 0.0868. The van der Waals surface area contributed by atoms with Crippen molar-refractivity contribution in [2.75, 3.05) is 26.2 Å². The molecule has 4 rings (SSSR count). The number of aryl methyl sites for hydroxylation is 1. The van der Waals surface area contributed by atoms with Crippen molar-refractivity contribution in [2.24, 2.45) is 0 Å². The van der Waals surface area contributed by atoms with E-state index in [1.54, 1.807) is 47.1 Å². The van der Waals surface area contributed by atoms with Crippen LogP contribution >= 0.6 is 11.3 Å². The molecule has 0 unspecified atom stereocenters. The number of halogens is 2. The van der Waals surface area contributed by atoms with Crippen LogP contribution in [-0.4, -0.2) is 54.4 Å². The van der Waals surface area contributed by atoms with E-state index in [0.717, 1.165) is 10.4 Å². The predicted octanol–water partition coefficient (Wildman–Crippen LogP) is 4.52. The highest BCUT2D eigenvalue weighted by Crippen LogP contribution is 2.30. The van der Waals surface area contributed by atoms with Gasteiger partial charge in [-0.25, -0.2) is 0 Å². The Balaban J connectivity index is 1.36. The van der Waals surface area contributed by atoms with Crippen molar-refractivity contribution in [3.8, 4) is 16.2 Å². The Bertz CT molecular complexity index is 1070. The standard InChI is InChI=1S/C22H20F2N2O4S/c1-14-2-7-17(29-14)20(27)25-10-12-26(13-11-25)21(28)19-9-8-18(31-19)15-3-5-16(6-4-15)30-22(23)24/h2-9,22H,10-13H2,1H3. The van der Waals surface area contributed by atoms with Crippen LogP contribution in [0.2, 0.25) is 0 Å². The summed E-state index contributed by atoms with van der Waals surface area (Å²) in [5.74, 6) is 0.823. The van der Waals surface area contributed by atoms with Gasteiger partial charge in [0, 0.05) is 31.1 Å². The monoisotopic (exact) mass is 446 g/mol. The van der Waals surface area contributed by atoms with Crippen molar-refractivity contribution in [2.45, 2.75) is 13.5 Å². The molecule has 0 N–H and O–H groups in total. The second-order valence-electron chi connectivity index (χ2n) is 7.06. The van der Waals surface area contributed by atoms with Gasteiger partial charge in [0.2, 0.25) is 0 Å². The normalized spacial score (nSPS) is 14.2. The van der Waals surface area contributed by atoms with E-state index < -0.39 is 6.61 Å². The van der Waals surface area contributed by atoms with Crippen molar-refractivity contribution in [1.29, 1.82) is 0 Å². The first-order valence-corrected chi connectivity index (χ1v) is 10.5. The fraction of sp³-hybridized carbons (Fsp3) is 0.273. The minimum atomic E-state index is -2.87. The number of carbonyl (C=O) groups excluding carboxylic acids is 2. The van der Waals surface area contributed by atoms with Crippen LogP contribution in [-0.2, 0) is 0 Å². The highest BCUT2D eigenvalue weighted by molar-refractivity contribution is 7.17. The lowest BCUT2D eigenvalue weighted by Crippen LogP contribution is -2.50. The van der Waals surface area contributed by atoms with Crippen molar-refractivity contribution < 1.29 is 27.5 Å². The van der Waals surface area contributed by atoms with E-state index in [1.165, 1.54) is 23.5 Å². The zero-order valence-electron chi connectivity index (χ0n) is 16.7. The number of furan rings is 1. The Hall–Kier alpha value is -3.20. The smallest absolute Gasteiger partial charge is 0.387 e. The Kier molecular flexibility index (Phi) is 6.03. The maximum atomic E-state index is 12.9. The Morgan fingerprint density at radius 2 is 1.58 bits per heavy atom. The zero-order chi connectivity index (χ0) is 22.0. The van der Waals surface area contributed by atoms with Gasteiger partial charge in [0.15, 0.2) is 5.76 Å². The highest BCUT2D eigenvalue weighted by Gasteiger charge is 2.27. The lowest BCUT2D eigenvalue weighted by Gasteiger charge is -2.34. The number of amides is 2. The van der Waals surface area contributed by atoms with Gasteiger partial charge in [0.25, 0.3) is 11.8 Å². The molecule has 0 saturated carbocycles. The van der Waals surface area contributed by atoms with Crippen molar-refractivity contribution in [3.05, 3.63) is 64.9 Å². The number of nitrogens with zero attached hydrogens (tertiary/aromatic N) is 2. The second-order valence-corrected chi connectivity index (χ2v) is 8.15. The molecule has 2 aromatic heterocycles. The maximum Gasteiger partial charge on any atom is 0.387 e. The first-order chi connectivity index (χ1) is 14.9. The fourth-order valence-electron chi connectivity index (χ4n) is 3.38. The van der Waals surface area contributed by atoms with Gasteiger partial charge in [-0.15, -0.1) is 11.3 Å². The van der Waals surface area contributed by atoms with Crippen LogP contribution in [0, 0.1) is 6.92 Å². The molecule has 1 aliphatic heterocycles. The van der Waals surface area contributed by atoms with Gasteiger partial charge in [0.1, 0.15) is 11.5 Å². The number of carbonyl (C=O) groups is 2. The van der Waals surface area contributed by atoms with E-state index in [2.05, 4.69) is 4.74 Å². The molecule has 9 heteroatoms. The van der Waals surface area contributed by atoms with Crippen LogP contribution in [0.5, 0.6) is 5.75 Å². The van der Waals surface area contributed by atoms with E-state index in [9.17, 15) is 18.4 Å². The molecule has 1 aromatic carbocycles. The maximum absolute atomic E-state index is 12.9. The van der Waals surface area contributed by atoms with E-state index >= 15 is 0 Å². The molecule has 0 bridgehead atoms. The van der Waals surface area contributed by atoms with Crippen LogP contribution in [0.4, 0.5) is 8.78 Å². The summed E-state index contributed by atoms with van der Waals surface area (Å²) < 4.78 is 34.3. The average molecular weight is 446 g/mol. The van der Waals surface area contributed by atoms with Crippen molar-refractivity contribution in [3.63, 3.8) is 0 Å². The van der Waals surface area contributed by atoms with Gasteiger partial charge in [-0.2, -0.15) is 8.78 Å². The van der Waals surface area contributed by atoms with Crippen LogP contribution < -0.4 is 4.74 Å². The molecule has 3 heterocycles. The molecule has 0 aliphatic carbocycles. The van der Waals surface area contributed by atoms with Crippen LogP contribution in [0.3, 0.4) is 0 Å². The molecule has 1 aliphatic rings. The molecule has 3 aromatic rings. The lowest BCUT2D eigenvalue weighted by molar-refractivity contribution is -0.0498. The number of hydrogen-bond acceptors (Lipinski definition) is 5. The second kappa shape index (κ2) is 8.89. The third kappa shape index (κ3) is 4.77. The number of hydrogen-bond donors (Lipinski definition) is 0. The first kappa shape index (κ1) is 21.0. The van der Waals surface area contributed by atoms with Gasteiger partial charge in [-0.3, -0.25) is 9.59 Å². The van der Waals surface area contributed by atoms with Crippen molar-refractivity contribution >= 4 is 23.2 Å². The van der Waals surface area contributed by atoms with Crippen LogP contribution in [0.25, 0.3) is 10.4 Å². The molecule has 0 spiro atoms. The van der Waals surface area contributed by atoms with E-state index in [-0.39, 0.29) is 17.6 Å². The van der Waals surface area contributed by atoms with Gasteiger partial charge in [-0.05, 0) is 61.0 Å². The third-order valence-corrected chi connectivity index (χ3v) is 6.11. The Morgan fingerprint density at radius 3 is 2.16 bits per heavy atom. The summed E-state index contributed by atoms with van der Waals surface area (Å²) in [4.78, 5) is 30.2. The molecular formula is C22H20F2N2O4S. The predicted molar refractivity (Wildman–Crippen MR) is 112 cm³/mol. The van der Waals surface area contributed by atoms with Crippen molar-refractivity contribution in [1.82, 2.24) is 9.80 Å². The summed E-state index contributed by atoms with van der Waals surface area (Å²) in [5.41, 5.74) is 0.815. The summed E-state index contributed by atoms with van der Waals surface area (Å²) in [6, 6.07) is 13.3. The number of piperazine rings is 1. The third-order valence-electron chi connectivity index (χ3n) is 4.99. The summed E-state index contributed by atoms with van der Waals surface area (Å²) in [6.07, 6.45) is 0. The number of thiophene rings is 1. The summed E-state index contributed by atoms with van der Waals surface area (Å²) in [6.45, 7) is 0.681. The molecule has 0 radical (unpaired) electrons. The summed E-state index contributed by atoms with van der Waals surface area (Å²) in [7, 11) is 0. The van der Waals surface area contributed by atoms with Crippen LogP contribution in [0.1, 0.15) is 26.0 Å². The van der Waals surface area contributed by atoms with Crippen LogP contribution in [0.15, 0.2) is 52.9 Å². The lowest BCUT2D eigenvalue weighted by atomic mass is 10.2. The Morgan fingerprint density at radius 1 is 0.935 bits per heavy atom. The number of rotatable bonds is 5. The molecule has 31 heavy (non-hydrogen) atoms. The molecule has 1 saturated heterocycles. The minimum Gasteiger partial charge on any atom is -0.456 e. The zero-order valence-corrected chi connectivity index (χ0v) is 17.5. The molecule has 0 atom stereocenters. The number of alkyl halides is 2. The summed E-state index contributed by atoms with van der Waals surface area (Å²) >= 11 is 1.34. The fourth-order valence-corrected chi connectivity index (χ4v) is 4.36. The SMILES string of the molecule is Cc1ccc(C(=O)N2CCN(C(=O)c3ccc(-c4ccc(OC(F)F)cc4)s3)CC2)o1. The summed E-state index contributed by atoms with van der Waals surface area (Å²) in [5, 5.41) is 0. The van der Waals surface area contributed by atoms with Gasteiger partial charge in [0.05, 0.1) is 4.88 Å². The van der Waals surface area contributed by atoms with Gasteiger partial charge in [-0.1, -0.05) is 0 Å². The van der Waals surface area contributed by atoms with Gasteiger partial charge >= 0.3 is 6.61 Å². The molecule has 162 valence electrons. The van der Waals surface area contributed by atoms with E-state index in [4.69, 9.17) is 4.42 Å². The Labute approximate surface area is 181 Å². The molecule has 6 nitrogen and oxygen atoms in total. The molecular weight excluding hydrogens is 426 g/mol. The highest BCUT2D eigenvalue weighted by atomic mass is 32.1. The number of benzene rings is 1. The average Bonchev–Trinajstić information content (AvgIpc) is 3.42. The topological polar surface area (TPSA) is 63.0 Å². The van der Waals surface area contributed by atoms with E-state index in [1.807, 2.05) is 6.07 Å². The molecule has 2 amide bonds. The largest absolute Gasteiger partial charge is 0.456 e. The van der Waals surface area contributed by atoms with Gasteiger partial charge < -0.3 is 19.0 Å².